The van der Waals surface area contributed by atoms with Crippen molar-refractivity contribution >= 4 is 21.6 Å². The standard InChI is InChI=1S/C24H24N2O3S/c1-27-21(15-26-11-9-17-5-2-3-6-19(17)14-26)16-28-20-8-4-7-18(13-20)23-24-22(29-25-23)10-12-30-24/h2-8,10,12-13,21H,9,11,14-16H2,1H3. The lowest BCUT2D eigenvalue weighted by Gasteiger charge is -2.31. The Balaban J connectivity index is 1.22. The molecule has 0 saturated carbocycles. The first-order valence-electron chi connectivity index (χ1n) is 10.2. The van der Waals surface area contributed by atoms with E-state index < -0.39 is 0 Å². The van der Waals surface area contributed by atoms with Crippen LogP contribution in [-0.4, -0.2) is 43.0 Å². The Hall–Kier alpha value is -2.67. The van der Waals surface area contributed by atoms with Crippen molar-refractivity contribution in [2.45, 2.75) is 19.1 Å². The van der Waals surface area contributed by atoms with E-state index >= 15 is 0 Å². The molecule has 0 amide bonds. The van der Waals surface area contributed by atoms with Crippen molar-refractivity contribution < 1.29 is 14.0 Å². The van der Waals surface area contributed by atoms with Crippen LogP contribution < -0.4 is 4.74 Å². The van der Waals surface area contributed by atoms with Crippen LogP contribution >= 0.6 is 11.3 Å². The number of nitrogens with zero attached hydrogens (tertiary/aromatic N) is 2. The van der Waals surface area contributed by atoms with Crippen LogP contribution in [0, 0.1) is 0 Å². The molecule has 4 aromatic rings. The molecule has 1 atom stereocenters. The molecule has 2 aromatic carbocycles. The van der Waals surface area contributed by atoms with Crippen LogP contribution in [0.4, 0.5) is 0 Å². The highest BCUT2D eigenvalue weighted by molar-refractivity contribution is 7.17. The molecule has 1 unspecified atom stereocenters. The van der Waals surface area contributed by atoms with Crippen LogP contribution in [0.2, 0.25) is 0 Å². The summed E-state index contributed by atoms with van der Waals surface area (Å²) < 4.78 is 18.3. The Morgan fingerprint density at radius 2 is 2.03 bits per heavy atom. The lowest BCUT2D eigenvalue weighted by atomic mass is 10.00. The van der Waals surface area contributed by atoms with E-state index in [0.29, 0.717) is 6.61 Å². The topological polar surface area (TPSA) is 47.7 Å². The number of benzene rings is 2. The molecule has 30 heavy (non-hydrogen) atoms. The number of aromatic nitrogens is 1. The van der Waals surface area contributed by atoms with Gasteiger partial charge in [0.1, 0.15) is 28.9 Å². The monoisotopic (exact) mass is 420 g/mol. The van der Waals surface area contributed by atoms with Crippen LogP contribution in [0.5, 0.6) is 5.75 Å². The maximum Gasteiger partial charge on any atom is 0.178 e. The molecule has 0 spiro atoms. The molecule has 0 saturated heterocycles. The van der Waals surface area contributed by atoms with Crippen molar-refractivity contribution in [1.82, 2.24) is 10.1 Å². The van der Waals surface area contributed by atoms with E-state index in [9.17, 15) is 0 Å². The van der Waals surface area contributed by atoms with Crippen molar-refractivity contribution in [2.24, 2.45) is 0 Å². The van der Waals surface area contributed by atoms with E-state index in [-0.39, 0.29) is 6.10 Å². The van der Waals surface area contributed by atoms with E-state index in [2.05, 4.69) is 34.3 Å². The van der Waals surface area contributed by atoms with Crippen molar-refractivity contribution in [3.8, 4) is 17.0 Å². The summed E-state index contributed by atoms with van der Waals surface area (Å²) in [5.74, 6) is 0.811. The number of hydrogen-bond donors (Lipinski definition) is 0. The van der Waals surface area contributed by atoms with Crippen molar-refractivity contribution in [1.29, 1.82) is 0 Å². The summed E-state index contributed by atoms with van der Waals surface area (Å²) in [6, 6.07) is 18.6. The van der Waals surface area contributed by atoms with Gasteiger partial charge in [0.2, 0.25) is 0 Å². The van der Waals surface area contributed by atoms with Gasteiger partial charge in [-0.3, -0.25) is 4.90 Å². The van der Waals surface area contributed by atoms with Crippen LogP contribution in [-0.2, 0) is 17.7 Å². The molecule has 3 heterocycles. The Bertz CT molecular complexity index is 1140. The molecule has 0 bridgehead atoms. The van der Waals surface area contributed by atoms with E-state index in [0.717, 1.165) is 53.3 Å². The summed E-state index contributed by atoms with van der Waals surface area (Å²) in [6.07, 6.45) is 1.10. The maximum absolute atomic E-state index is 6.10. The van der Waals surface area contributed by atoms with Crippen molar-refractivity contribution in [3.05, 3.63) is 71.1 Å². The summed E-state index contributed by atoms with van der Waals surface area (Å²) in [4.78, 5) is 2.44. The maximum atomic E-state index is 6.10. The zero-order chi connectivity index (χ0) is 20.3. The van der Waals surface area contributed by atoms with Gasteiger partial charge in [-0.05, 0) is 41.1 Å². The smallest absolute Gasteiger partial charge is 0.178 e. The molecule has 154 valence electrons. The number of methoxy groups -OCH3 is 1. The molecule has 1 aliphatic rings. The number of hydrogen-bond acceptors (Lipinski definition) is 6. The first-order valence-corrected chi connectivity index (χ1v) is 11.1. The molecular formula is C24H24N2O3S. The van der Waals surface area contributed by atoms with Crippen molar-refractivity contribution in [3.63, 3.8) is 0 Å². The summed E-state index contributed by atoms with van der Waals surface area (Å²) in [5.41, 5.74) is 5.56. The minimum Gasteiger partial charge on any atom is -0.491 e. The van der Waals surface area contributed by atoms with Crippen LogP contribution in [0.3, 0.4) is 0 Å². The fraction of sp³-hybridized carbons (Fsp3) is 0.292. The number of fused-ring (bicyclic) bond motifs is 2. The second kappa shape index (κ2) is 8.60. The van der Waals surface area contributed by atoms with E-state index in [1.165, 1.54) is 11.1 Å². The zero-order valence-electron chi connectivity index (χ0n) is 16.9. The predicted octanol–water partition coefficient (Wildman–Crippen LogP) is 5.01. The molecule has 0 fully saturated rings. The van der Waals surface area contributed by atoms with E-state index in [4.69, 9.17) is 14.0 Å². The SMILES string of the molecule is COC(COc1cccc(-c2noc3ccsc23)c1)CN1CCc2ccccc2C1. The Kier molecular flexibility index (Phi) is 5.53. The highest BCUT2D eigenvalue weighted by Gasteiger charge is 2.20. The molecule has 2 aromatic heterocycles. The van der Waals surface area contributed by atoms with Crippen LogP contribution in [0.1, 0.15) is 11.1 Å². The summed E-state index contributed by atoms with van der Waals surface area (Å²) in [7, 11) is 1.76. The molecule has 1 aliphatic heterocycles. The fourth-order valence-electron chi connectivity index (χ4n) is 3.98. The zero-order valence-corrected chi connectivity index (χ0v) is 17.7. The second-order valence-electron chi connectivity index (χ2n) is 7.60. The molecule has 6 heteroatoms. The Labute approximate surface area is 179 Å². The first-order chi connectivity index (χ1) is 14.8. The average molecular weight is 421 g/mol. The third kappa shape index (κ3) is 3.99. The highest BCUT2D eigenvalue weighted by Crippen LogP contribution is 2.33. The molecule has 5 rings (SSSR count). The third-order valence-corrected chi connectivity index (χ3v) is 6.53. The summed E-state index contributed by atoms with van der Waals surface area (Å²) >= 11 is 1.64. The van der Waals surface area contributed by atoms with E-state index in [1.54, 1.807) is 18.4 Å². The van der Waals surface area contributed by atoms with Gasteiger partial charge in [-0.1, -0.05) is 41.6 Å². The van der Waals surface area contributed by atoms with Gasteiger partial charge < -0.3 is 14.0 Å². The van der Waals surface area contributed by atoms with Gasteiger partial charge in [-0.2, -0.15) is 0 Å². The van der Waals surface area contributed by atoms with E-state index in [1.807, 2.05) is 35.7 Å². The van der Waals surface area contributed by atoms with Gasteiger partial charge in [-0.15, -0.1) is 11.3 Å². The summed E-state index contributed by atoms with van der Waals surface area (Å²) in [6.45, 7) is 3.37. The lowest BCUT2D eigenvalue weighted by Crippen LogP contribution is -2.39. The van der Waals surface area contributed by atoms with Crippen LogP contribution in [0.25, 0.3) is 21.5 Å². The number of rotatable bonds is 7. The average Bonchev–Trinajstić information content (AvgIpc) is 3.41. The molecule has 0 aliphatic carbocycles. The minimum atomic E-state index is 0.00923. The summed E-state index contributed by atoms with van der Waals surface area (Å²) in [5, 5.41) is 6.24. The fourth-order valence-corrected chi connectivity index (χ4v) is 4.79. The molecule has 0 radical (unpaired) electrons. The molecule has 0 N–H and O–H groups in total. The Morgan fingerprint density at radius 3 is 2.93 bits per heavy atom. The number of ether oxygens (including phenoxy) is 2. The quantitative estimate of drug-likeness (QED) is 0.421. The second-order valence-corrected chi connectivity index (χ2v) is 8.51. The highest BCUT2D eigenvalue weighted by atomic mass is 32.1. The van der Waals surface area contributed by atoms with Gasteiger partial charge in [0.15, 0.2) is 5.58 Å². The van der Waals surface area contributed by atoms with Gasteiger partial charge in [0.05, 0.1) is 0 Å². The van der Waals surface area contributed by atoms with Crippen molar-refractivity contribution in [2.75, 3.05) is 26.8 Å². The largest absolute Gasteiger partial charge is 0.491 e. The minimum absolute atomic E-state index is 0.00923. The third-order valence-electron chi connectivity index (χ3n) is 5.63. The predicted molar refractivity (Wildman–Crippen MR) is 119 cm³/mol. The Morgan fingerprint density at radius 1 is 1.13 bits per heavy atom. The van der Waals surface area contributed by atoms with Crippen LogP contribution in [0.15, 0.2) is 64.5 Å². The van der Waals surface area contributed by atoms with Gasteiger partial charge in [0.25, 0.3) is 0 Å². The molecular weight excluding hydrogens is 396 g/mol. The van der Waals surface area contributed by atoms with Gasteiger partial charge >= 0.3 is 0 Å². The normalized spacial score (nSPS) is 15.2. The number of thiophene rings is 1. The molecule has 5 nitrogen and oxygen atoms in total. The first kappa shape index (κ1) is 19.3. The van der Waals surface area contributed by atoms with Gasteiger partial charge in [0, 0.05) is 32.3 Å². The lowest BCUT2D eigenvalue weighted by molar-refractivity contribution is 0.0262. The van der Waals surface area contributed by atoms with Gasteiger partial charge in [-0.25, -0.2) is 0 Å².